The highest BCUT2D eigenvalue weighted by molar-refractivity contribution is 6.36. The molecule has 30 heavy (non-hydrogen) atoms. The number of esters is 1. The number of imide groups is 1. The molecule has 1 aliphatic heterocycles. The maximum absolute atomic E-state index is 12.5. The lowest BCUT2D eigenvalue weighted by Gasteiger charge is -2.14. The number of rotatable bonds is 5. The van der Waals surface area contributed by atoms with Gasteiger partial charge in [0.2, 0.25) is 0 Å². The summed E-state index contributed by atoms with van der Waals surface area (Å²) in [6.45, 7) is -0.0101. The Morgan fingerprint density at radius 1 is 0.833 bits per heavy atom. The standard InChI is InChI=1S/C23H15Cl2NO4/c24-19-9-4-10-20(25)18(19)13-30-23(29)15-6-3-5-14(11-15)12-26-21(27)16-7-1-2-8-17(16)22(26)28/h1-11H,12-13H2. The van der Waals surface area contributed by atoms with Gasteiger partial charge in [-0.05, 0) is 42.0 Å². The molecule has 1 aliphatic rings. The van der Waals surface area contributed by atoms with Crippen molar-refractivity contribution in [3.8, 4) is 0 Å². The van der Waals surface area contributed by atoms with Crippen LogP contribution in [0.25, 0.3) is 0 Å². The summed E-state index contributed by atoms with van der Waals surface area (Å²) in [7, 11) is 0. The van der Waals surface area contributed by atoms with Gasteiger partial charge in [0.05, 0.1) is 23.2 Å². The van der Waals surface area contributed by atoms with Crippen LogP contribution in [-0.2, 0) is 17.9 Å². The number of carbonyl (C=O) groups is 3. The number of ether oxygens (including phenoxy) is 1. The van der Waals surface area contributed by atoms with Crippen molar-refractivity contribution in [1.29, 1.82) is 0 Å². The van der Waals surface area contributed by atoms with Gasteiger partial charge in [0.15, 0.2) is 0 Å². The third kappa shape index (κ3) is 3.82. The highest BCUT2D eigenvalue weighted by Crippen LogP contribution is 2.26. The molecule has 4 rings (SSSR count). The number of amides is 2. The first-order chi connectivity index (χ1) is 14.5. The molecule has 0 spiro atoms. The van der Waals surface area contributed by atoms with E-state index in [1.807, 2.05) is 0 Å². The van der Waals surface area contributed by atoms with E-state index in [0.717, 1.165) is 0 Å². The van der Waals surface area contributed by atoms with Crippen molar-refractivity contribution in [2.45, 2.75) is 13.2 Å². The zero-order chi connectivity index (χ0) is 21.3. The molecule has 5 nitrogen and oxygen atoms in total. The van der Waals surface area contributed by atoms with Crippen molar-refractivity contribution in [2.24, 2.45) is 0 Å². The smallest absolute Gasteiger partial charge is 0.338 e. The number of fused-ring (bicyclic) bond motifs is 1. The highest BCUT2D eigenvalue weighted by Gasteiger charge is 2.35. The molecular weight excluding hydrogens is 425 g/mol. The lowest BCUT2D eigenvalue weighted by atomic mass is 10.1. The van der Waals surface area contributed by atoms with Gasteiger partial charge in [0.25, 0.3) is 11.8 Å². The lowest BCUT2D eigenvalue weighted by molar-refractivity contribution is 0.0472. The molecule has 0 radical (unpaired) electrons. The second-order valence-corrected chi connectivity index (χ2v) is 7.53. The number of hydrogen-bond donors (Lipinski definition) is 0. The van der Waals surface area contributed by atoms with E-state index in [2.05, 4.69) is 0 Å². The van der Waals surface area contributed by atoms with Gasteiger partial charge in [-0.2, -0.15) is 0 Å². The fourth-order valence-electron chi connectivity index (χ4n) is 3.25. The van der Waals surface area contributed by atoms with E-state index >= 15 is 0 Å². The summed E-state index contributed by atoms with van der Waals surface area (Å²) in [6.07, 6.45) is 0. The lowest BCUT2D eigenvalue weighted by Crippen LogP contribution is -2.29. The topological polar surface area (TPSA) is 63.7 Å². The molecule has 0 N–H and O–H groups in total. The molecule has 0 atom stereocenters. The minimum absolute atomic E-state index is 0.0593. The Balaban J connectivity index is 1.47. The predicted molar refractivity (Wildman–Crippen MR) is 113 cm³/mol. The summed E-state index contributed by atoms with van der Waals surface area (Å²) in [5.74, 6) is -1.26. The third-order valence-corrected chi connectivity index (χ3v) is 5.50. The Morgan fingerprint density at radius 2 is 1.43 bits per heavy atom. The van der Waals surface area contributed by atoms with Crippen molar-refractivity contribution in [1.82, 2.24) is 4.90 Å². The maximum atomic E-state index is 12.5. The fraction of sp³-hybridized carbons (Fsp3) is 0.0870. The number of carbonyl (C=O) groups excluding carboxylic acids is 3. The molecule has 0 unspecified atom stereocenters. The first-order valence-corrected chi connectivity index (χ1v) is 9.85. The van der Waals surface area contributed by atoms with E-state index in [9.17, 15) is 14.4 Å². The zero-order valence-corrected chi connectivity index (χ0v) is 17.1. The molecule has 0 saturated carbocycles. The number of benzene rings is 3. The zero-order valence-electron chi connectivity index (χ0n) is 15.6. The fourth-order valence-corrected chi connectivity index (χ4v) is 3.76. The molecule has 0 fully saturated rings. The summed E-state index contributed by atoms with van der Waals surface area (Å²) in [6, 6.07) is 18.3. The Labute approximate surface area is 182 Å². The van der Waals surface area contributed by atoms with Gasteiger partial charge in [0.1, 0.15) is 6.61 Å². The molecule has 3 aromatic rings. The van der Waals surface area contributed by atoms with E-state index in [1.165, 1.54) is 4.90 Å². The van der Waals surface area contributed by atoms with Crippen LogP contribution in [0.2, 0.25) is 10.0 Å². The van der Waals surface area contributed by atoms with E-state index in [4.69, 9.17) is 27.9 Å². The van der Waals surface area contributed by atoms with Gasteiger partial charge in [-0.25, -0.2) is 4.79 Å². The molecule has 0 aliphatic carbocycles. The maximum Gasteiger partial charge on any atom is 0.338 e. The van der Waals surface area contributed by atoms with E-state index in [1.54, 1.807) is 66.7 Å². The molecule has 2 amide bonds. The summed E-state index contributed by atoms with van der Waals surface area (Å²) >= 11 is 12.2. The van der Waals surface area contributed by atoms with Gasteiger partial charge < -0.3 is 4.74 Å². The molecule has 1 heterocycles. The number of hydrogen-bond acceptors (Lipinski definition) is 4. The third-order valence-electron chi connectivity index (χ3n) is 4.79. The first-order valence-electron chi connectivity index (χ1n) is 9.10. The van der Waals surface area contributed by atoms with Crippen LogP contribution in [0.5, 0.6) is 0 Å². The first kappa shape index (κ1) is 20.1. The normalized spacial score (nSPS) is 12.8. The van der Waals surface area contributed by atoms with Crippen molar-refractivity contribution in [2.75, 3.05) is 0 Å². The Kier molecular flexibility index (Phi) is 5.57. The van der Waals surface area contributed by atoms with Crippen LogP contribution in [0, 0.1) is 0 Å². The summed E-state index contributed by atoms with van der Waals surface area (Å²) in [4.78, 5) is 38.7. The summed E-state index contributed by atoms with van der Waals surface area (Å²) < 4.78 is 5.34. The monoisotopic (exact) mass is 439 g/mol. The minimum atomic E-state index is -0.560. The molecule has 150 valence electrons. The van der Waals surface area contributed by atoms with Gasteiger partial charge >= 0.3 is 5.97 Å². The molecule has 0 bridgehead atoms. The van der Waals surface area contributed by atoms with Crippen LogP contribution in [0.1, 0.15) is 42.2 Å². The van der Waals surface area contributed by atoms with Gasteiger partial charge in [-0.3, -0.25) is 14.5 Å². The van der Waals surface area contributed by atoms with Crippen LogP contribution in [-0.4, -0.2) is 22.7 Å². The van der Waals surface area contributed by atoms with Crippen molar-refractivity contribution < 1.29 is 19.1 Å². The number of halogens is 2. The Hall–Kier alpha value is -3.15. The van der Waals surface area contributed by atoms with Crippen molar-refractivity contribution >= 4 is 41.0 Å². The van der Waals surface area contributed by atoms with Crippen molar-refractivity contribution in [3.63, 3.8) is 0 Å². The second-order valence-electron chi connectivity index (χ2n) is 6.72. The van der Waals surface area contributed by atoms with E-state index < -0.39 is 5.97 Å². The summed E-state index contributed by atoms with van der Waals surface area (Å²) in [5, 5.41) is 0.823. The quantitative estimate of drug-likeness (QED) is 0.407. The van der Waals surface area contributed by atoms with Crippen LogP contribution in [0.3, 0.4) is 0 Å². The molecule has 7 heteroatoms. The Morgan fingerprint density at radius 3 is 2.07 bits per heavy atom. The minimum Gasteiger partial charge on any atom is -0.457 e. The molecule has 0 saturated heterocycles. The van der Waals surface area contributed by atoms with Gasteiger partial charge in [-0.15, -0.1) is 0 Å². The van der Waals surface area contributed by atoms with Crippen LogP contribution < -0.4 is 0 Å². The average molecular weight is 440 g/mol. The molecule has 0 aromatic heterocycles. The van der Waals surface area contributed by atoms with Crippen LogP contribution in [0.15, 0.2) is 66.7 Å². The summed E-state index contributed by atoms with van der Waals surface area (Å²) in [5.41, 5.74) is 2.22. The van der Waals surface area contributed by atoms with Gasteiger partial charge in [0, 0.05) is 15.6 Å². The highest BCUT2D eigenvalue weighted by atomic mass is 35.5. The largest absolute Gasteiger partial charge is 0.457 e. The van der Waals surface area contributed by atoms with E-state index in [-0.39, 0.29) is 25.0 Å². The van der Waals surface area contributed by atoms with Gasteiger partial charge in [-0.1, -0.05) is 53.5 Å². The van der Waals surface area contributed by atoms with Crippen molar-refractivity contribution in [3.05, 3.63) is 105 Å². The second kappa shape index (κ2) is 8.30. The Bertz CT molecular complexity index is 1120. The average Bonchev–Trinajstić information content (AvgIpc) is 2.98. The van der Waals surface area contributed by atoms with E-state index in [0.29, 0.717) is 37.9 Å². The predicted octanol–water partition coefficient (Wildman–Crippen LogP) is 5.15. The molecular formula is C23H15Cl2NO4. The SMILES string of the molecule is O=C(OCc1c(Cl)cccc1Cl)c1cccc(CN2C(=O)c3ccccc3C2=O)c1. The van der Waals surface area contributed by atoms with Crippen LogP contribution in [0.4, 0.5) is 0 Å². The van der Waals surface area contributed by atoms with Crippen LogP contribution >= 0.6 is 23.2 Å². The number of nitrogens with zero attached hydrogens (tertiary/aromatic N) is 1. The molecule has 3 aromatic carbocycles.